The number of carbonyl (C=O) groups is 1. The predicted molar refractivity (Wildman–Crippen MR) is 110 cm³/mol. The van der Waals surface area contributed by atoms with Crippen LogP contribution in [0.25, 0.3) is 5.52 Å². The van der Waals surface area contributed by atoms with Gasteiger partial charge in [0, 0.05) is 30.8 Å². The molecule has 4 rings (SSSR count). The lowest BCUT2D eigenvalue weighted by atomic mass is 10.0. The number of allylic oxidation sites excluding steroid dienone is 1. The second kappa shape index (κ2) is 8.37. The average Bonchev–Trinajstić information content (AvgIpc) is 3.36. The lowest BCUT2D eigenvalue weighted by Gasteiger charge is -2.11. The molecule has 0 unspecified atom stereocenters. The summed E-state index contributed by atoms with van der Waals surface area (Å²) in [4.78, 5) is 17.1. The second-order valence-corrected chi connectivity index (χ2v) is 7.45. The van der Waals surface area contributed by atoms with Crippen LogP contribution < -0.4 is 4.74 Å². The van der Waals surface area contributed by atoms with E-state index in [4.69, 9.17) is 4.74 Å². The van der Waals surface area contributed by atoms with Gasteiger partial charge in [0.25, 0.3) is 0 Å². The molecule has 31 heavy (non-hydrogen) atoms. The van der Waals surface area contributed by atoms with Gasteiger partial charge in [0.15, 0.2) is 17.4 Å². The van der Waals surface area contributed by atoms with Crippen molar-refractivity contribution in [2.24, 2.45) is 4.99 Å². The number of rotatable bonds is 7. The number of aryl methyl sites for hydroxylation is 2. The second-order valence-electron chi connectivity index (χ2n) is 7.45. The van der Waals surface area contributed by atoms with Crippen molar-refractivity contribution >= 4 is 17.0 Å². The molecule has 1 aliphatic rings. The number of aromatic nitrogens is 2. The molecule has 1 aromatic carbocycles. The van der Waals surface area contributed by atoms with E-state index < -0.39 is 29.6 Å². The summed E-state index contributed by atoms with van der Waals surface area (Å²) in [5, 5.41) is 4.40. The highest BCUT2D eigenvalue weighted by atomic mass is 19.2. The molecule has 8 heteroatoms. The Bertz CT molecular complexity index is 1240. The van der Waals surface area contributed by atoms with Crippen molar-refractivity contribution in [2.75, 3.05) is 0 Å². The van der Waals surface area contributed by atoms with E-state index in [0.29, 0.717) is 29.6 Å². The Morgan fingerprint density at radius 3 is 2.68 bits per heavy atom. The summed E-state index contributed by atoms with van der Waals surface area (Å²) in [6.45, 7) is 3.01. The number of aliphatic imine (C=N–C) groups is 1. The third kappa shape index (κ3) is 4.10. The van der Waals surface area contributed by atoms with Crippen LogP contribution >= 0.6 is 0 Å². The summed E-state index contributed by atoms with van der Waals surface area (Å²) in [5.74, 6) is -3.22. The number of pyridine rings is 1. The van der Waals surface area contributed by atoms with E-state index in [1.165, 1.54) is 4.52 Å². The number of carbonyl (C=O) groups excluding carboxylic acids is 1. The molecular formula is C23H20F3N3O2. The predicted octanol–water partition coefficient (Wildman–Crippen LogP) is 5.27. The van der Waals surface area contributed by atoms with Crippen molar-refractivity contribution in [2.45, 2.75) is 39.7 Å². The molecule has 0 saturated carbocycles. The number of hydrogen-bond acceptors (Lipinski definition) is 4. The van der Waals surface area contributed by atoms with Crippen LogP contribution in [-0.4, -0.2) is 21.1 Å². The molecule has 0 radical (unpaired) electrons. The van der Waals surface area contributed by atoms with Gasteiger partial charge < -0.3 is 4.74 Å². The molecule has 0 atom stereocenters. The van der Waals surface area contributed by atoms with Crippen LogP contribution in [0, 0.1) is 31.3 Å². The molecule has 0 bridgehead atoms. The highest BCUT2D eigenvalue weighted by Gasteiger charge is 2.21. The summed E-state index contributed by atoms with van der Waals surface area (Å²) >= 11 is 0. The Kier molecular flexibility index (Phi) is 5.63. The number of ketones is 1. The van der Waals surface area contributed by atoms with Crippen LogP contribution in [0.1, 0.15) is 46.4 Å². The van der Waals surface area contributed by atoms with E-state index in [1.807, 2.05) is 13.0 Å². The standard InChI is InChI=1S/C23H20F3N3O2/c1-13-10-19-22(20(30)8-5-15-4-3-9-27-15)14(2)28-29(19)21(11-13)31-12-16-17(24)6-7-18(25)23(16)26/h3,6-7,9-11H,4-5,8,12H2,1-2H3. The summed E-state index contributed by atoms with van der Waals surface area (Å²) in [5.41, 5.74) is 2.77. The molecule has 2 aromatic heterocycles. The number of benzene rings is 1. The molecule has 0 saturated heterocycles. The number of ether oxygens (including phenoxy) is 1. The van der Waals surface area contributed by atoms with E-state index in [9.17, 15) is 18.0 Å². The van der Waals surface area contributed by atoms with Crippen LogP contribution in [0.2, 0.25) is 0 Å². The molecule has 0 aliphatic carbocycles. The minimum Gasteiger partial charge on any atom is -0.473 e. The van der Waals surface area contributed by atoms with Crippen molar-refractivity contribution < 1.29 is 22.7 Å². The number of fused-ring (bicyclic) bond motifs is 1. The third-order valence-corrected chi connectivity index (χ3v) is 5.16. The fraction of sp³-hybridized carbons (Fsp3) is 0.261. The number of halogens is 3. The van der Waals surface area contributed by atoms with Crippen LogP contribution in [0.5, 0.6) is 5.88 Å². The summed E-state index contributed by atoms with van der Waals surface area (Å²) in [7, 11) is 0. The van der Waals surface area contributed by atoms with Crippen LogP contribution in [0.15, 0.2) is 41.5 Å². The maximum Gasteiger partial charge on any atom is 0.215 e. The zero-order valence-electron chi connectivity index (χ0n) is 17.1. The Balaban J connectivity index is 1.63. The highest BCUT2D eigenvalue weighted by Crippen LogP contribution is 2.26. The SMILES string of the molecule is Cc1cc(OCc2c(F)ccc(F)c2F)n2nc(C)c(C(=O)CCC3=NC=CC3)c2c1. The molecular weight excluding hydrogens is 407 g/mol. The summed E-state index contributed by atoms with van der Waals surface area (Å²) in [6.07, 6.45) is 5.29. The zero-order chi connectivity index (χ0) is 22.1. The molecule has 1 aliphatic heterocycles. The first-order valence-corrected chi connectivity index (χ1v) is 9.84. The third-order valence-electron chi connectivity index (χ3n) is 5.16. The fourth-order valence-corrected chi connectivity index (χ4v) is 3.60. The van der Waals surface area contributed by atoms with Crippen molar-refractivity contribution in [1.29, 1.82) is 0 Å². The minimum absolute atomic E-state index is 0.0686. The number of Topliss-reactive ketones (excluding diaryl/α,β-unsaturated/α-hetero) is 1. The van der Waals surface area contributed by atoms with Gasteiger partial charge in [-0.15, -0.1) is 0 Å². The summed E-state index contributed by atoms with van der Waals surface area (Å²) in [6, 6.07) is 5.02. The van der Waals surface area contributed by atoms with E-state index in [-0.39, 0.29) is 11.7 Å². The smallest absolute Gasteiger partial charge is 0.215 e. The lowest BCUT2D eigenvalue weighted by molar-refractivity contribution is 0.0985. The molecule has 160 valence electrons. The minimum atomic E-state index is -1.29. The highest BCUT2D eigenvalue weighted by molar-refractivity contribution is 6.05. The zero-order valence-corrected chi connectivity index (χ0v) is 17.1. The van der Waals surface area contributed by atoms with Crippen LogP contribution in [-0.2, 0) is 6.61 Å². The summed E-state index contributed by atoms with van der Waals surface area (Å²) < 4.78 is 48.4. The van der Waals surface area contributed by atoms with Gasteiger partial charge in [-0.2, -0.15) is 5.10 Å². The normalized spacial score (nSPS) is 13.1. The molecule has 0 spiro atoms. The van der Waals surface area contributed by atoms with Gasteiger partial charge in [0.1, 0.15) is 12.4 Å². The topological polar surface area (TPSA) is 56.0 Å². The Morgan fingerprint density at radius 1 is 1.16 bits per heavy atom. The molecule has 5 nitrogen and oxygen atoms in total. The fourth-order valence-electron chi connectivity index (χ4n) is 3.60. The number of nitrogens with zero attached hydrogens (tertiary/aromatic N) is 3. The number of hydrogen-bond donors (Lipinski definition) is 0. The molecule has 0 N–H and O–H groups in total. The van der Waals surface area contributed by atoms with Crippen molar-refractivity contribution in [3.8, 4) is 5.88 Å². The van der Waals surface area contributed by atoms with Gasteiger partial charge in [0.05, 0.1) is 22.3 Å². The van der Waals surface area contributed by atoms with Gasteiger partial charge in [-0.25, -0.2) is 17.7 Å². The lowest BCUT2D eigenvalue weighted by Crippen LogP contribution is -2.07. The molecule has 3 heterocycles. The molecule has 0 amide bonds. The van der Waals surface area contributed by atoms with Gasteiger partial charge in [-0.1, -0.05) is 6.08 Å². The van der Waals surface area contributed by atoms with Gasteiger partial charge in [-0.05, 0) is 44.0 Å². The van der Waals surface area contributed by atoms with Crippen LogP contribution in [0.3, 0.4) is 0 Å². The Morgan fingerprint density at radius 2 is 1.94 bits per heavy atom. The maximum absolute atomic E-state index is 14.0. The van der Waals surface area contributed by atoms with Crippen LogP contribution in [0.4, 0.5) is 13.2 Å². The van der Waals surface area contributed by atoms with E-state index in [1.54, 1.807) is 25.3 Å². The van der Waals surface area contributed by atoms with Crippen molar-refractivity contribution in [3.05, 3.63) is 76.4 Å². The first-order valence-electron chi connectivity index (χ1n) is 9.84. The van der Waals surface area contributed by atoms with Crippen molar-refractivity contribution in [1.82, 2.24) is 9.61 Å². The Hall–Kier alpha value is -3.42. The monoisotopic (exact) mass is 427 g/mol. The van der Waals surface area contributed by atoms with E-state index in [0.717, 1.165) is 29.8 Å². The molecule has 3 aromatic rings. The maximum atomic E-state index is 14.0. The Labute approximate surface area is 176 Å². The van der Waals surface area contributed by atoms with Gasteiger partial charge in [-0.3, -0.25) is 9.79 Å². The van der Waals surface area contributed by atoms with Gasteiger partial charge in [0.2, 0.25) is 5.88 Å². The van der Waals surface area contributed by atoms with E-state index >= 15 is 0 Å². The van der Waals surface area contributed by atoms with E-state index in [2.05, 4.69) is 10.1 Å². The molecule has 0 fully saturated rings. The van der Waals surface area contributed by atoms with Crippen molar-refractivity contribution in [3.63, 3.8) is 0 Å². The first-order chi connectivity index (χ1) is 14.8. The largest absolute Gasteiger partial charge is 0.473 e. The quantitative estimate of drug-likeness (QED) is 0.381. The first kappa shape index (κ1) is 20.8. The average molecular weight is 427 g/mol. The van der Waals surface area contributed by atoms with Gasteiger partial charge >= 0.3 is 0 Å².